The first-order valence-corrected chi connectivity index (χ1v) is 8.67. The molecule has 3 rings (SSSR count). The number of Topliss-reactive ketones (excluding diaryl/α,β-unsaturated/α-hetero) is 1. The molecule has 0 atom stereocenters. The molecule has 5 heteroatoms. The Morgan fingerprint density at radius 1 is 0.962 bits per heavy atom. The summed E-state index contributed by atoms with van der Waals surface area (Å²) in [5.74, 6) is 0.491. The minimum Gasteiger partial charge on any atom is -0.490 e. The van der Waals surface area contributed by atoms with Crippen molar-refractivity contribution in [1.82, 2.24) is 0 Å². The fraction of sp³-hybridized carbons (Fsp3) is 0.333. The van der Waals surface area contributed by atoms with Crippen LogP contribution in [0.25, 0.3) is 0 Å². The van der Waals surface area contributed by atoms with Gasteiger partial charge in [0.1, 0.15) is 0 Å². The normalized spacial score (nSPS) is 13.0. The maximum atomic E-state index is 12.3. The molecule has 0 aromatic heterocycles. The molecule has 136 valence electrons. The largest absolute Gasteiger partial charge is 0.490 e. The summed E-state index contributed by atoms with van der Waals surface area (Å²) in [6, 6.07) is 10.8. The molecular weight excluding hydrogens is 332 g/mol. The highest BCUT2D eigenvalue weighted by molar-refractivity contribution is 5.98. The average molecular weight is 354 g/mol. The van der Waals surface area contributed by atoms with Crippen molar-refractivity contribution >= 4 is 11.8 Å². The molecule has 0 fully saturated rings. The molecule has 1 aliphatic heterocycles. The Labute approximate surface area is 152 Å². The molecule has 2 aromatic carbocycles. The van der Waals surface area contributed by atoms with Gasteiger partial charge in [-0.25, -0.2) is 0 Å². The van der Waals surface area contributed by atoms with E-state index in [9.17, 15) is 9.59 Å². The third-order valence-electron chi connectivity index (χ3n) is 4.35. The quantitative estimate of drug-likeness (QED) is 0.608. The van der Waals surface area contributed by atoms with Gasteiger partial charge < -0.3 is 14.2 Å². The number of hydrogen-bond donors (Lipinski definition) is 0. The molecule has 0 amide bonds. The van der Waals surface area contributed by atoms with Crippen LogP contribution in [0, 0.1) is 13.8 Å². The van der Waals surface area contributed by atoms with E-state index in [2.05, 4.69) is 0 Å². The van der Waals surface area contributed by atoms with Crippen molar-refractivity contribution in [2.24, 2.45) is 0 Å². The van der Waals surface area contributed by atoms with E-state index in [1.165, 1.54) is 5.56 Å². The van der Waals surface area contributed by atoms with Crippen molar-refractivity contribution in [3.63, 3.8) is 0 Å². The molecule has 0 unspecified atom stereocenters. The van der Waals surface area contributed by atoms with Crippen LogP contribution in [0.5, 0.6) is 11.5 Å². The molecule has 26 heavy (non-hydrogen) atoms. The van der Waals surface area contributed by atoms with Crippen LogP contribution >= 0.6 is 0 Å². The van der Waals surface area contributed by atoms with Gasteiger partial charge in [-0.15, -0.1) is 0 Å². The van der Waals surface area contributed by atoms with Crippen LogP contribution < -0.4 is 9.47 Å². The molecule has 0 N–H and O–H groups in total. The molecule has 0 bridgehead atoms. The first-order valence-electron chi connectivity index (χ1n) is 8.67. The molecule has 0 aliphatic carbocycles. The van der Waals surface area contributed by atoms with Gasteiger partial charge in [0.15, 0.2) is 23.9 Å². The number of benzene rings is 2. The second kappa shape index (κ2) is 8.04. The Kier molecular flexibility index (Phi) is 5.56. The Balaban J connectivity index is 1.57. The van der Waals surface area contributed by atoms with Gasteiger partial charge in [0, 0.05) is 12.0 Å². The Morgan fingerprint density at radius 2 is 1.73 bits per heavy atom. The van der Waals surface area contributed by atoms with E-state index >= 15 is 0 Å². The fourth-order valence-corrected chi connectivity index (χ4v) is 2.70. The molecule has 2 aromatic rings. The van der Waals surface area contributed by atoms with Crippen LogP contribution in [-0.4, -0.2) is 31.6 Å². The monoisotopic (exact) mass is 354 g/mol. The number of carbonyl (C=O) groups excluding carboxylic acids is 2. The van der Waals surface area contributed by atoms with Gasteiger partial charge in [0.2, 0.25) is 0 Å². The third kappa shape index (κ3) is 4.42. The lowest BCUT2D eigenvalue weighted by Gasteiger charge is -2.09. The summed E-state index contributed by atoms with van der Waals surface area (Å²) < 4.78 is 16.3. The third-order valence-corrected chi connectivity index (χ3v) is 4.35. The second-order valence-electron chi connectivity index (χ2n) is 6.39. The maximum Gasteiger partial charge on any atom is 0.310 e. The zero-order chi connectivity index (χ0) is 18.5. The highest BCUT2D eigenvalue weighted by Crippen LogP contribution is 2.30. The van der Waals surface area contributed by atoms with Crippen LogP contribution in [0.4, 0.5) is 0 Å². The first kappa shape index (κ1) is 18.0. The lowest BCUT2D eigenvalue weighted by Crippen LogP contribution is -2.16. The van der Waals surface area contributed by atoms with E-state index in [0.717, 1.165) is 17.5 Å². The Hall–Kier alpha value is -2.82. The summed E-state index contributed by atoms with van der Waals surface area (Å²) in [5.41, 5.74) is 3.61. The van der Waals surface area contributed by atoms with E-state index in [-0.39, 0.29) is 18.8 Å². The molecule has 1 heterocycles. The van der Waals surface area contributed by atoms with Gasteiger partial charge >= 0.3 is 5.97 Å². The van der Waals surface area contributed by atoms with Crippen molar-refractivity contribution in [3.8, 4) is 11.5 Å². The molecular formula is C21H22O5. The zero-order valence-electron chi connectivity index (χ0n) is 15.0. The van der Waals surface area contributed by atoms with Gasteiger partial charge in [-0.3, -0.25) is 9.59 Å². The number of fused-ring (bicyclic) bond motifs is 1. The zero-order valence-corrected chi connectivity index (χ0v) is 15.0. The van der Waals surface area contributed by atoms with Gasteiger partial charge in [0.25, 0.3) is 0 Å². The number of rotatable bonds is 5. The van der Waals surface area contributed by atoms with Gasteiger partial charge in [-0.1, -0.05) is 18.2 Å². The predicted octanol–water partition coefficient (Wildman–Crippen LogP) is 3.43. The lowest BCUT2D eigenvalue weighted by atomic mass is 10.0. The molecule has 0 spiro atoms. The van der Waals surface area contributed by atoms with Crippen LogP contribution in [0.15, 0.2) is 36.4 Å². The van der Waals surface area contributed by atoms with E-state index < -0.39 is 5.97 Å². The summed E-state index contributed by atoms with van der Waals surface area (Å²) in [6.45, 7) is 4.87. The van der Waals surface area contributed by atoms with Gasteiger partial charge in [0.05, 0.1) is 19.6 Å². The maximum absolute atomic E-state index is 12.3. The number of ketones is 1. The smallest absolute Gasteiger partial charge is 0.310 e. The van der Waals surface area contributed by atoms with E-state index in [4.69, 9.17) is 14.2 Å². The number of hydrogen-bond acceptors (Lipinski definition) is 5. The summed E-state index contributed by atoms with van der Waals surface area (Å²) in [4.78, 5) is 24.3. The number of aryl methyl sites for hydroxylation is 2. The van der Waals surface area contributed by atoms with E-state index in [1.807, 2.05) is 32.0 Å². The van der Waals surface area contributed by atoms with Crippen LogP contribution in [0.3, 0.4) is 0 Å². The van der Waals surface area contributed by atoms with Crippen LogP contribution in [0.1, 0.15) is 33.5 Å². The lowest BCUT2D eigenvalue weighted by molar-refractivity contribution is -0.141. The summed E-state index contributed by atoms with van der Waals surface area (Å²) in [6.07, 6.45) is 0.948. The van der Waals surface area contributed by atoms with Crippen molar-refractivity contribution in [2.45, 2.75) is 26.7 Å². The molecule has 5 nitrogen and oxygen atoms in total. The van der Waals surface area contributed by atoms with Crippen molar-refractivity contribution in [1.29, 1.82) is 0 Å². The minimum absolute atomic E-state index is 0.148. The first-order chi connectivity index (χ1) is 12.5. The highest BCUT2D eigenvalue weighted by atomic mass is 16.5. The summed E-state index contributed by atoms with van der Waals surface area (Å²) in [7, 11) is 0. The minimum atomic E-state index is -0.420. The van der Waals surface area contributed by atoms with Crippen molar-refractivity contribution in [2.75, 3.05) is 19.8 Å². The predicted molar refractivity (Wildman–Crippen MR) is 97.0 cm³/mol. The molecule has 0 saturated heterocycles. The topological polar surface area (TPSA) is 61.8 Å². The standard InChI is InChI=1S/C21H22O5/c1-14-4-5-16(10-15(14)2)11-21(23)26-13-18(22)17-6-7-19-20(12-17)25-9-3-8-24-19/h4-7,10,12H,3,8-9,11,13H2,1-2H3. The van der Waals surface area contributed by atoms with Gasteiger partial charge in [-0.2, -0.15) is 0 Å². The summed E-state index contributed by atoms with van der Waals surface area (Å²) >= 11 is 0. The molecule has 0 radical (unpaired) electrons. The van der Waals surface area contributed by atoms with Crippen molar-refractivity contribution in [3.05, 3.63) is 58.7 Å². The highest BCUT2D eigenvalue weighted by Gasteiger charge is 2.16. The number of esters is 1. The SMILES string of the molecule is Cc1ccc(CC(=O)OCC(=O)c2ccc3c(c2)OCCCO3)cc1C. The number of carbonyl (C=O) groups is 2. The van der Waals surface area contributed by atoms with E-state index in [1.54, 1.807) is 18.2 Å². The van der Waals surface area contributed by atoms with Crippen LogP contribution in [0.2, 0.25) is 0 Å². The van der Waals surface area contributed by atoms with Gasteiger partial charge in [-0.05, 0) is 48.7 Å². The molecule has 1 aliphatic rings. The van der Waals surface area contributed by atoms with Crippen LogP contribution in [-0.2, 0) is 16.0 Å². The van der Waals surface area contributed by atoms with E-state index in [0.29, 0.717) is 30.3 Å². The fourth-order valence-electron chi connectivity index (χ4n) is 2.70. The summed E-state index contributed by atoms with van der Waals surface area (Å²) in [5, 5.41) is 0. The molecule has 0 saturated carbocycles. The Bertz CT molecular complexity index is 825. The Morgan fingerprint density at radius 3 is 2.50 bits per heavy atom. The van der Waals surface area contributed by atoms with Crippen molar-refractivity contribution < 1.29 is 23.8 Å². The number of ether oxygens (including phenoxy) is 3. The average Bonchev–Trinajstić information content (AvgIpc) is 2.87. The second-order valence-corrected chi connectivity index (χ2v) is 6.39.